The van der Waals surface area contributed by atoms with Crippen LogP contribution >= 0.6 is 12.2 Å². The normalized spacial score (nSPS) is 13.1. The lowest BCUT2D eigenvalue weighted by Crippen LogP contribution is -2.41. The topological polar surface area (TPSA) is 58.6 Å². The minimum atomic E-state index is -0.551. The van der Waals surface area contributed by atoms with Gasteiger partial charge in [-0.2, -0.15) is 0 Å². The Morgan fingerprint density at radius 1 is 1.38 bits per heavy atom. The maximum Gasteiger partial charge on any atom is 0.330 e. The van der Waals surface area contributed by atoms with E-state index in [0.717, 1.165) is 30.8 Å². The highest BCUT2D eigenvalue weighted by Gasteiger charge is 2.22. The van der Waals surface area contributed by atoms with Crippen molar-refractivity contribution in [3.05, 3.63) is 42.0 Å². The third-order valence-electron chi connectivity index (χ3n) is 3.02. The molecular formula is C15H16N2O3S. The Kier molecular flexibility index (Phi) is 5.05. The highest BCUT2D eigenvalue weighted by molar-refractivity contribution is 7.80. The molecule has 1 aromatic carbocycles. The molecule has 0 unspecified atom stereocenters. The molecule has 0 saturated heterocycles. The fourth-order valence-electron chi connectivity index (χ4n) is 2.10. The number of hydrogen-bond acceptors (Lipinski definition) is 4. The van der Waals surface area contributed by atoms with E-state index in [1.54, 1.807) is 6.92 Å². The summed E-state index contributed by atoms with van der Waals surface area (Å²) in [6, 6.07) is 7.92. The number of benzene rings is 1. The average molecular weight is 304 g/mol. The van der Waals surface area contributed by atoms with Crippen LogP contribution in [0.15, 0.2) is 36.4 Å². The van der Waals surface area contributed by atoms with E-state index < -0.39 is 11.9 Å². The molecule has 2 rings (SSSR count). The molecule has 1 aromatic rings. The molecule has 0 aliphatic carbocycles. The molecule has 110 valence electrons. The molecule has 1 heterocycles. The van der Waals surface area contributed by atoms with Gasteiger partial charge in [-0.15, -0.1) is 0 Å². The monoisotopic (exact) mass is 304 g/mol. The number of esters is 1. The summed E-state index contributed by atoms with van der Waals surface area (Å²) >= 11 is 5.24. The number of rotatable bonds is 3. The molecule has 21 heavy (non-hydrogen) atoms. The van der Waals surface area contributed by atoms with Crippen molar-refractivity contribution in [2.45, 2.75) is 13.3 Å². The van der Waals surface area contributed by atoms with E-state index in [-0.39, 0.29) is 6.61 Å². The van der Waals surface area contributed by atoms with Crippen molar-refractivity contribution in [2.75, 3.05) is 18.1 Å². The largest absolute Gasteiger partial charge is 0.463 e. The summed E-state index contributed by atoms with van der Waals surface area (Å²) in [6.07, 6.45) is 3.09. The Hall–Kier alpha value is -2.21. The predicted molar refractivity (Wildman–Crippen MR) is 84.0 cm³/mol. The Morgan fingerprint density at radius 2 is 2.14 bits per heavy atom. The first-order chi connectivity index (χ1) is 10.1. The second-order valence-corrected chi connectivity index (χ2v) is 4.80. The summed E-state index contributed by atoms with van der Waals surface area (Å²) in [5.41, 5.74) is 2.22. The summed E-state index contributed by atoms with van der Waals surface area (Å²) in [6.45, 7) is 2.71. The second kappa shape index (κ2) is 6.99. The SMILES string of the molecule is CCOC(=O)/C=C/C(=O)NC(=S)N1CCc2ccccc21. The van der Waals surface area contributed by atoms with Gasteiger partial charge in [-0.05, 0) is 37.2 Å². The lowest BCUT2D eigenvalue weighted by atomic mass is 10.2. The van der Waals surface area contributed by atoms with Gasteiger partial charge in [-0.1, -0.05) is 18.2 Å². The molecule has 1 aliphatic heterocycles. The Balaban J connectivity index is 1.94. The zero-order valence-corrected chi connectivity index (χ0v) is 12.5. The average Bonchev–Trinajstić information content (AvgIpc) is 2.89. The van der Waals surface area contributed by atoms with Crippen LogP contribution in [-0.4, -0.2) is 30.1 Å². The lowest BCUT2D eigenvalue weighted by molar-refractivity contribution is -0.137. The molecule has 6 heteroatoms. The molecule has 0 atom stereocenters. The van der Waals surface area contributed by atoms with Crippen LogP contribution in [0.2, 0.25) is 0 Å². The third kappa shape index (κ3) is 3.88. The summed E-state index contributed by atoms with van der Waals surface area (Å²) in [4.78, 5) is 24.7. The van der Waals surface area contributed by atoms with Crippen molar-refractivity contribution in [1.82, 2.24) is 5.32 Å². The number of nitrogens with zero attached hydrogens (tertiary/aromatic N) is 1. The molecule has 5 nitrogen and oxygen atoms in total. The molecule has 1 N–H and O–H groups in total. The van der Waals surface area contributed by atoms with Gasteiger partial charge in [-0.25, -0.2) is 4.79 Å². The fraction of sp³-hybridized carbons (Fsp3) is 0.267. The molecule has 0 bridgehead atoms. The predicted octanol–water partition coefficient (Wildman–Crippen LogP) is 1.57. The molecular weight excluding hydrogens is 288 g/mol. The molecule has 0 fully saturated rings. The van der Waals surface area contributed by atoms with Gasteiger partial charge < -0.3 is 9.64 Å². The molecule has 1 amide bonds. The van der Waals surface area contributed by atoms with Crippen LogP contribution in [0, 0.1) is 0 Å². The van der Waals surface area contributed by atoms with E-state index in [4.69, 9.17) is 17.0 Å². The molecule has 0 saturated carbocycles. The number of para-hydroxylation sites is 1. The van der Waals surface area contributed by atoms with Crippen molar-refractivity contribution in [1.29, 1.82) is 0 Å². The number of ether oxygens (including phenoxy) is 1. The number of fused-ring (bicyclic) bond motifs is 1. The summed E-state index contributed by atoms with van der Waals surface area (Å²) < 4.78 is 4.69. The molecule has 0 radical (unpaired) electrons. The number of hydrogen-bond donors (Lipinski definition) is 1. The van der Waals surface area contributed by atoms with Crippen LogP contribution in [-0.2, 0) is 20.7 Å². The number of amides is 1. The first-order valence-corrected chi connectivity index (χ1v) is 7.08. The van der Waals surface area contributed by atoms with Crippen molar-refractivity contribution >= 4 is 34.9 Å². The third-order valence-corrected chi connectivity index (χ3v) is 3.34. The van der Waals surface area contributed by atoms with Gasteiger partial charge in [0.1, 0.15) is 0 Å². The number of anilines is 1. The zero-order chi connectivity index (χ0) is 15.2. The van der Waals surface area contributed by atoms with Crippen molar-refractivity contribution < 1.29 is 14.3 Å². The van der Waals surface area contributed by atoms with Gasteiger partial charge in [0, 0.05) is 24.4 Å². The van der Waals surface area contributed by atoms with E-state index in [1.165, 1.54) is 5.56 Å². The number of carbonyl (C=O) groups is 2. The van der Waals surface area contributed by atoms with Gasteiger partial charge >= 0.3 is 5.97 Å². The Morgan fingerprint density at radius 3 is 2.90 bits per heavy atom. The maximum atomic E-state index is 11.7. The van der Waals surface area contributed by atoms with Crippen LogP contribution in [0.1, 0.15) is 12.5 Å². The lowest BCUT2D eigenvalue weighted by Gasteiger charge is -2.19. The smallest absolute Gasteiger partial charge is 0.330 e. The van der Waals surface area contributed by atoms with Crippen molar-refractivity contribution in [2.24, 2.45) is 0 Å². The standard InChI is InChI=1S/C15H16N2O3S/c1-2-20-14(19)8-7-13(18)16-15(21)17-10-9-11-5-3-4-6-12(11)17/h3-8H,2,9-10H2,1H3,(H,16,18,21)/b8-7+. The maximum absolute atomic E-state index is 11.7. The minimum absolute atomic E-state index is 0.272. The first kappa shape index (κ1) is 15.2. The van der Waals surface area contributed by atoms with Crippen molar-refractivity contribution in [3.8, 4) is 0 Å². The molecule has 1 aliphatic rings. The van der Waals surface area contributed by atoms with Gasteiger partial charge in [0.15, 0.2) is 5.11 Å². The van der Waals surface area contributed by atoms with E-state index in [0.29, 0.717) is 5.11 Å². The van der Waals surface area contributed by atoms with Gasteiger partial charge in [0.05, 0.1) is 6.61 Å². The number of nitrogens with one attached hydrogen (secondary N) is 1. The van der Waals surface area contributed by atoms with Gasteiger partial charge in [0.2, 0.25) is 5.91 Å². The Bertz CT molecular complexity index is 598. The van der Waals surface area contributed by atoms with Crippen LogP contribution < -0.4 is 10.2 Å². The first-order valence-electron chi connectivity index (χ1n) is 6.67. The van der Waals surface area contributed by atoms with Crippen LogP contribution in [0.25, 0.3) is 0 Å². The summed E-state index contributed by atoms with van der Waals surface area (Å²) in [5.74, 6) is -0.998. The minimum Gasteiger partial charge on any atom is -0.463 e. The number of carbonyl (C=O) groups excluding carboxylic acids is 2. The van der Waals surface area contributed by atoms with Crippen LogP contribution in [0.3, 0.4) is 0 Å². The van der Waals surface area contributed by atoms with Crippen LogP contribution in [0.4, 0.5) is 5.69 Å². The van der Waals surface area contributed by atoms with E-state index in [2.05, 4.69) is 5.32 Å². The summed E-state index contributed by atoms with van der Waals surface area (Å²) in [5, 5.41) is 2.92. The Labute approximate surface area is 128 Å². The highest BCUT2D eigenvalue weighted by atomic mass is 32.1. The van der Waals surface area contributed by atoms with E-state index >= 15 is 0 Å². The van der Waals surface area contributed by atoms with Crippen LogP contribution in [0.5, 0.6) is 0 Å². The quantitative estimate of drug-likeness (QED) is 0.522. The van der Waals surface area contributed by atoms with E-state index in [1.807, 2.05) is 29.2 Å². The van der Waals surface area contributed by atoms with Gasteiger partial charge in [0.25, 0.3) is 0 Å². The molecule has 0 spiro atoms. The fourth-order valence-corrected chi connectivity index (χ4v) is 2.39. The highest BCUT2D eigenvalue weighted by Crippen LogP contribution is 2.27. The van der Waals surface area contributed by atoms with E-state index in [9.17, 15) is 9.59 Å². The van der Waals surface area contributed by atoms with Crippen molar-refractivity contribution in [3.63, 3.8) is 0 Å². The second-order valence-electron chi connectivity index (χ2n) is 4.41. The van der Waals surface area contributed by atoms with Gasteiger partial charge in [-0.3, -0.25) is 10.1 Å². The number of thiocarbonyl (C=S) groups is 1. The zero-order valence-electron chi connectivity index (χ0n) is 11.7. The molecule has 0 aromatic heterocycles. The summed E-state index contributed by atoms with van der Waals surface area (Å²) in [7, 11) is 0.